The number of carbonyl (C=O) groups excluding carboxylic acids is 4. The van der Waals surface area contributed by atoms with Gasteiger partial charge in [-0.25, -0.2) is 19.6 Å². The van der Waals surface area contributed by atoms with E-state index in [4.69, 9.17) is 19.4 Å². The highest BCUT2D eigenvalue weighted by Crippen LogP contribution is 2.40. The quantitative estimate of drug-likeness (QED) is 0.104. The maximum absolute atomic E-state index is 13.7. The fourth-order valence-electron chi connectivity index (χ4n) is 8.30. The molecule has 59 heavy (non-hydrogen) atoms. The number of H-pyrrole nitrogens is 2. The van der Waals surface area contributed by atoms with Crippen LogP contribution in [0.25, 0.3) is 43.2 Å². The molecule has 0 saturated carbocycles. The van der Waals surface area contributed by atoms with Crippen LogP contribution in [0.2, 0.25) is 0 Å². The zero-order valence-corrected chi connectivity index (χ0v) is 35.7. The average Bonchev–Trinajstić information content (AvgIpc) is 4.07. The Morgan fingerprint density at radius 2 is 1.19 bits per heavy atom. The van der Waals surface area contributed by atoms with Gasteiger partial charge in [0, 0.05) is 18.0 Å². The predicted octanol–water partition coefficient (Wildman–Crippen LogP) is 7.93. The van der Waals surface area contributed by atoms with E-state index in [0.717, 1.165) is 67.7 Å². The number of nitrogens with zero attached hydrogens (tertiary/aromatic N) is 4. The van der Waals surface area contributed by atoms with E-state index in [1.54, 1.807) is 11.3 Å². The summed E-state index contributed by atoms with van der Waals surface area (Å²) in [6.45, 7) is 13.1. The molecule has 2 aromatic carbocycles. The number of benzene rings is 2. The van der Waals surface area contributed by atoms with Crippen molar-refractivity contribution in [2.75, 3.05) is 27.3 Å². The molecule has 15 heteroatoms. The topological polar surface area (TPSA) is 175 Å². The monoisotopic (exact) mass is 822 g/mol. The van der Waals surface area contributed by atoms with E-state index in [2.05, 4.69) is 89.0 Å². The Bertz CT molecular complexity index is 2270. The maximum Gasteiger partial charge on any atom is 0.407 e. The summed E-state index contributed by atoms with van der Waals surface area (Å²) in [6, 6.07) is 17.1. The molecule has 6 atom stereocenters. The molecule has 2 fully saturated rings. The van der Waals surface area contributed by atoms with Crippen LogP contribution in [-0.2, 0) is 19.1 Å². The van der Waals surface area contributed by atoms with Crippen LogP contribution in [-0.4, -0.2) is 93.1 Å². The number of hydrogen-bond acceptors (Lipinski definition) is 9. The Hall–Kier alpha value is -5.70. The minimum absolute atomic E-state index is 0.107. The van der Waals surface area contributed by atoms with Crippen molar-refractivity contribution in [1.29, 1.82) is 0 Å². The molecule has 5 heterocycles. The predicted molar refractivity (Wildman–Crippen MR) is 227 cm³/mol. The molecule has 5 aromatic rings. The fourth-order valence-corrected chi connectivity index (χ4v) is 9.31. The number of methoxy groups -OCH3 is 2. The lowest BCUT2D eigenvalue weighted by atomic mass is 10.0. The van der Waals surface area contributed by atoms with Crippen molar-refractivity contribution in [1.82, 2.24) is 40.4 Å². The van der Waals surface area contributed by atoms with Crippen molar-refractivity contribution >= 4 is 45.7 Å². The molecular formula is C44H54N8O6S. The fraction of sp³-hybridized carbons (Fsp3) is 0.455. The second-order valence-corrected chi connectivity index (χ2v) is 17.7. The zero-order valence-electron chi connectivity index (χ0n) is 34.9. The second-order valence-electron chi connectivity index (χ2n) is 16.7. The molecule has 1 unspecified atom stereocenters. The van der Waals surface area contributed by atoms with E-state index in [1.807, 2.05) is 43.7 Å². The summed E-state index contributed by atoms with van der Waals surface area (Å²) in [6.07, 6.45) is 2.13. The summed E-state index contributed by atoms with van der Waals surface area (Å²) in [5.74, 6) is 1.57. The van der Waals surface area contributed by atoms with Gasteiger partial charge in [-0.1, -0.05) is 90.1 Å². The molecule has 312 valence electrons. The highest BCUT2D eigenvalue weighted by atomic mass is 32.1. The van der Waals surface area contributed by atoms with Crippen molar-refractivity contribution in [3.05, 3.63) is 72.4 Å². The summed E-state index contributed by atoms with van der Waals surface area (Å²) < 4.78 is 9.57. The van der Waals surface area contributed by atoms with Gasteiger partial charge in [0.25, 0.3) is 0 Å². The molecule has 2 saturated heterocycles. The largest absolute Gasteiger partial charge is 0.453 e. The van der Waals surface area contributed by atoms with E-state index >= 15 is 0 Å². The number of nitrogens with one attached hydrogen (secondary N) is 4. The van der Waals surface area contributed by atoms with E-state index in [9.17, 15) is 19.2 Å². The number of thiophene rings is 1. The van der Waals surface area contributed by atoms with Gasteiger partial charge in [-0.15, -0.1) is 11.3 Å². The third-order valence-electron chi connectivity index (χ3n) is 11.5. The van der Waals surface area contributed by atoms with Gasteiger partial charge >= 0.3 is 12.2 Å². The Morgan fingerprint density at radius 3 is 1.66 bits per heavy atom. The number of aromatic amines is 2. The zero-order chi connectivity index (χ0) is 42.1. The Kier molecular flexibility index (Phi) is 12.1. The molecule has 2 aliphatic heterocycles. The van der Waals surface area contributed by atoms with Crippen LogP contribution in [0.15, 0.2) is 60.8 Å². The van der Waals surface area contributed by atoms with Gasteiger partial charge in [0.1, 0.15) is 28.6 Å². The van der Waals surface area contributed by atoms with Gasteiger partial charge in [0.2, 0.25) is 11.8 Å². The van der Waals surface area contributed by atoms with Gasteiger partial charge < -0.3 is 39.9 Å². The number of likely N-dealkylation sites (tertiary alicyclic amines) is 2. The summed E-state index contributed by atoms with van der Waals surface area (Å²) in [4.78, 5) is 73.7. The van der Waals surface area contributed by atoms with Crippen molar-refractivity contribution < 1.29 is 28.7 Å². The van der Waals surface area contributed by atoms with Crippen LogP contribution in [0.5, 0.6) is 0 Å². The normalized spacial score (nSPS) is 20.3. The van der Waals surface area contributed by atoms with Crippen LogP contribution >= 0.6 is 11.3 Å². The summed E-state index contributed by atoms with van der Waals surface area (Å²) in [7, 11) is 2.59. The lowest BCUT2D eigenvalue weighted by Crippen LogP contribution is -2.51. The first-order valence-electron chi connectivity index (χ1n) is 20.3. The Balaban J connectivity index is 1.02. The lowest BCUT2D eigenvalue weighted by Gasteiger charge is -2.30. The number of fused-ring (bicyclic) bond motifs is 1. The Labute approximate surface area is 348 Å². The average molecular weight is 823 g/mol. The molecule has 0 radical (unpaired) electrons. The van der Waals surface area contributed by atoms with Crippen LogP contribution in [0.4, 0.5) is 9.59 Å². The molecular weight excluding hydrogens is 769 g/mol. The van der Waals surface area contributed by atoms with Gasteiger partial charge in [-0.3, -0.25) is 9.59 Å². The van der Waals surface area contributed by atoms with Gasteiger partial charge in [-0.05, 0) is 64.8 Å². The van der Waals surface area contributed by atoms with Gasteiger partial charge in [0.05, 0.1) is 43.7 Å². The number of rotatable bonds is 11. The first-order chi connectivity index (χ1) is 28.2. The summed E-state index contributed by atoms with van der Waals surface area (Å²) in [5.41, 5.74) is 6.03. The maximum atomic E-state index is 13.7. The minimum Gasteiger partial charge on any atom is -0.453 e. The van der Waals surface area contributed by atoms with Crippen LogP contribution in [0.1, 0.15) is 78.1 Å². The molecule has 2 aliphatic rings. The number of aromatic nitrogens is 4. The number of hydrogen-bond donors (Lipinski definition) is 4. The summed E-state index contributed by atoms with van der Waals surface area (Å²) in [5, 5.41) is 5.43. The lowest BCUT2D eigenvalue weighted by molar-refractivity contribution is -0.136. The van der Waals surface area contributed by atoms with Crippen LogP contribution in [0.3, 0.4) is 0 Å². The highest BCUT2D eigenvalue weighted by Gasteiger charge is 2.41. The molecule has 4 amide bonds. The van der Waals surface area contributed by atoms with Gasteiger partial charge in [0.15, 0.2) is 0 Å². The molecule has 4 N–H and O–H groups in total. The van der Waals surface area contributed by atoms with Crippen LogP contribution < -0.4 is 10.6 Å². The third-order valence-corrected chi connectivity index (χ3v) is 12.6. The van der Waals surface area contributed by atoms with E-state index in [0.29, 0.717) is 19.0 Å². The van der Waals surface area contributed by atoms with Crippen molar-refractivity contribution in [3.8, 4) is 32.8 Å². The second kappa shape index (κ2) is 17.3. The smallest absolute Gasteiger partial charge is 0.407 e. The molecule has 0 spiro atoms. The molecule has 3 aromatic heterocycles. The van der Waals surface area contributed by atoms with Gasteiger partial charge in [-0.2, -0.15) is 0 Å². The van der Waals surface area contributed by atoms with E-state index in [-0.39, 0.29) is 41.7 Å². The molecule has 7 rings (SSSR count). The third kappa shape index (κ3) is 8.70. The molecule has 14 nitrogen and oxygen atoms in total. The first-order valence-corrected chi connectivity index (χ1v) is 21.1. The molecule has 0 bridgehead atoms. The number of alkyl carbamates (subject to hydrolysis) is 2. The number of amides is 4. The molecule has 0 aliphatic carbocycles. The standard InChI is InChI=1S/C44H54N8O6S/c1-23(2)36(48-43(55)57-7)41(53)51-21-25(5)17-33(51)38-45-20-32(47-38)29-13-9-27(10-14-29)28-11-15-30(16-12-28)35-19-31-40(59-35)50-39(46-31)34-18-26(6)22-52(34)42(54)37(24(3)4)49-44(56)58-8/h9-16,19-20,23-26,33-34,36-37H,17-18,21-22H2,1-8H3,(H,45,47)(H,46,50)(H,48,55)(H,49,56)/t25-,26-,33?,34+,36-,37-/m0/s1. The first kappa shape index (κ1) is 41.5. The minimum atomic E-state index is -0.697. The van der Waals surface area contributed by atoms with Crippen molar-refractivity contribution in [3.63, 3.8) is 0 Å². The van der Waals surface area contributed by atoms with Crippen molar-refractivity contribution in [2.45, 2.75) is 78.6 Å². The number of imidazole rings is 2. The van der Waals surface area contributed by atoms with Crippen molar-refractivity contribution in [2.24, 2.45) is 23.7 Å². The van der Waals surface area contributed by atoms with Crippen LogP contribution in [0, 0.1) is 23.7 Å². The Morgan fingerprint density at radius 1 is 0.712 bits per heavy atom. The van der Waals surface area contributed by atoms with E-state index in [1.165, 1.54) is 14.2 Å². The highest BCUT2D eigenvalue weighted by molar-refractivity contribution is 7.21. The number of carbonyl (C=O) groups is 4. The summed E-state index contributed by atoms with van der Waals surface area (Å²) >= 11 is 1.61. The SMILES string of the molecule is COC(=O)N[C@H](C(=O)N1C[C@@H](C)CC1c1ncc(-c2ccc(-c3ccc(-c4cc5[nH]c([C@H]6C[C@H](C)CN6C(=O)[C@@H](NC(=O)OC)C(C)C)nc5s4)cc3)cc2)[nH]1)C(C)C. The van der Waals surface area contributed by atoms with E-state index < -0.39 is 24.3 Å². The number of ether oxygens (including phenoxy) is 2.